The van der Waals surface area contributed by atoms with Gasteiger partial charge in [-0.3, -0.25) is 5.41 Å². The number of alkyl halides is 2. The first-order chi connectivity index (χ1) is 8.04. The summed E-state index contributed by atoms with van der Waals surface area (Å²) in [6, 6.07) is 6.39. The van der Waals surface area contributed by atoms with E-state index in [2.05, 4.69) is 0 Å². The summed E-state index contributed by atoms with van der Waals surface area (Å²) in [6.07, 6.45) is -2.46. The van der Waals surface area contributed by atoms with Gasteiger partial charge >= 0.3 is 0 Å². The SMILES string of the molecule is N=C(N)c1ccc(N(CCO)CC(F)F)cc1. The van der Waals surface area contributed by atoms with E-state index in [1.807, 2.05) is 0 Å². The van der Waals surface area contributed by atoms with E-state index in [0.717, 1.165) is 0 Å². The fourth-order valence-electron chi connectivity index (χ4n) is 1.46. The first-order valence-electron chi connectivity index (χ1n) is 5.13. The van der Waals surface area contributed by atoms with Gasteiger partial charge in [0.25, 0.3) is 6.43 Å². The molecule has 0 atom stereocenters. The van der Waals surface area contributed by atoms with Crippen LogP contribution in [0.4, 0.5) is 14.5 Å². The van der Waals surface area contributed by atoms with E-state index in [0.29, 0.717) is 11.3 Å². The first-order valence-corrected chi connectivity index (χ1v) is 5.13. The molecule has 0 saturated heterocycles. The summed E-state index contributed by atoms with van der Waals surface area (Å²) in [5.74, 6) is -0.0703. The van der Waals surface area contributed by atoms with Crippen molar-refractivity contribution in [1.29, 1.82) is 5.41 Å². The van der Waals surface area contributed by atoms with Crippen LogP contribution in [0.5, 0.6) is 0 Å². The van der Waals surface area contributed by atoms with Gasteiger partial charge in [-0.25, -0.2) is 8.78 Å². The Balaban J connectivity index is 2.83. The third-order valence-corrected chi connectivity index (χ3v) is 2.27. The number of nitrogen functional groups attached to an aromatic ring is 1. The second-order valence-electron chi connectivity index (χ2n) is 3.52. The van der Waals surface area contributed by atoms with Crippen molar-refractivity contribution in [2.45, 2.75) is 6.43 Å². The summed E-state index contributed by atoms with van der Waals surface area (Å²) in [7, 11) is 0. The summed E-state index contributed by atoms with van der Waals surface area (Å²) in [5, 5.41) is 16.0. The molecule has 0 fully saturated rings. The Labute approximate surface area is 98.2 Å². The topological polar surface area (TPSA) is 73.3 Å². The van der Waals surface area contributed by atoms with Crippen LogP contribution >= 0.6 is 0 Å². The van der Waals surface area contributed by atoms with E-state index in [1.165, 1.54) is 4.90 Å². The molecule has 0 bridgehead atoms. The Morgan fingerprint density at radius 2 is 1.94 bits per heavy atom. The molecule has 0 heterocycles. The Kier molecular flexibility index (Phi) is 4.84. The molecule has 0 radical (unpaired) electrons. The van der Waals surface area contributed by atoms with Crippen molar-refractivity contribution < 1.29 is 13.9 Å². The van der Waals surface area contributed by atoms with Crippen LogP contribution in [0.25, 0.3) is 0 Å². The van der Waals surface area contributed by atoms with Gasteiger partial charge in [-0.1, -0.05) is 0 Å². The standard InChI is InChI=1S/C11H15F2N3O/c12-10(13)7-16(5-6-17)9-3-1-8(2-4-9)11(14)15/h1-4,10,17H,5-7H2,(H3,14,15). The van der Waals surface area contributed by atoms with Crippen molar-refractivity contribution in [3.8, 4) is 0 Å². The van der Waals surface area contributed by atoms with Crippen molar-refractivity contribution in [1.82, 2.24) is 0 Å². The van der Waals surface area contributed by atoms with Crippen LogP contribution in [0, 0.1) is 5.41 Å². The van der Waals surface area contributed by atoms with Crippen molar-refractivity contribution >= 4 is 11.5 Å². The van der Waals surface area contributed by atoms with Crippen LogP contribution in [0.3, 0.4) is 0 Å². The summed E-state index contributed by atoms with van der Waals surface area (Å²) in [6.45, 7) is -0.481. The third-order valence-electron chi connectivity index (χ3n) is 2.27. The number of aliphatic hydroxyl groups is 1. The van der Waals surface area contributed by atoms with Crippen LogP contribution in [0.1, 0.15) is 5.56 Å². The lowest BCUT2D eigenvalue weighted by atomic mass is 10.2. The van der Waals surface area contributed by atoms with Crippen molar-refractivity contribution in [3.05, 3.63) is 29.8 Å². The minimum atomic E-state index is -2.46. The predicted octanol–water partition coefficient (Wildman–Crippen LogP) is 1.03. The molecule has 0 spiro atoms. The number of aliphatic hydroxyl groups excluding tert-OH is 1. The largest absolute Gasteiger partial charge is 0.395 e. The molecule has 0 aliphatic rings. The number of benzene rings is 1. The molecule has 4 nitrogen and oxygen atoms in total. The van der Waals surface area contributed by atoms with E-state index in [4.69, 9.17) is 16.2 Å². The molecule has 6 heteroatoms. The number of nitrogens with two attached hydrogens (primary N) is 1. The first kappa shape index (κ1) is 13.4. The molecule has 0 aliphatic carbocycles. The smallest absolute Gasteiger partial charge is 0.255 e. The van der Waals surface area contributed by atoms with Gasteiger partial charge in [0, 0.05) is 17.8 Å². The van der Waals surface area contributed by atoms with Gasteiger partial charge in [-0.2, -0.15) is 0 Å². The lowest BCUT2D eigenvalue weighted by Gasteiger charge is -2.23. The van der Waals surface area contributed by atoms with Gasteiger partial charge in [0.2, 0.25) is 0 Å². The number of amidine groups is 1. The quantitative estimate of drug-likeness (QED) is 0.516. The van der Waals surface area contributed by atoms with E-state index in [9.17, 15) is 8.78 Å². The summed E-state index contributed by atoms with van der Waals surface area (Å²) in [4.78, 5) is 1.38. The second-order valence-corrected chi connectivity index (χ2v) is 3.52. The normalized spacial score (nSPS) is 10.6. The van der Waals surface area contributed by atoms with Gasteiger partial charge in [0.05, 0.1) is 13.2 Å². The van der Waals surface area contributed by atoms with Gasteiger partial charge in [-0.15, -0.1) is 0 Å². The van der Waals surface area contributed by atoms with Crippen molar-refractivity contribution in [2.24, 2.45) is 5.73 Å². The maximum absolute atomic E-state index is 12.3. The van der Waals surface area contributed by atoms with E-state index < -0.39 is 13.0 Å². The van der Waals surface area contributed by atoms with E-state index in [-0.39, 0.29) is 19.0 Å². The summed E-state index contributed by atoms with van der Waals surface area (Å²) < 4.78 is 24.6. The summed E-state index contributed by atoms with van der Waals surface area (Å²) >= 11 is 0. The highest BCUT2D eigenvalue weighted by Crippen LogP contribution is 2.16. The van der Waals surface area contributed by atoms with Crippen LogP contribution in [-0.4, -0.2) is 37.1 Å². The molecule has 4 N–H and O–H groups in total. The highest BCUT2D eigenvalue weighted by atomic mass is 19.3. The van der Waals surface area contributed by atoms with Crippen LogP contribution in [0.2, 0.25) is 0 Å². The zero-order chi connectivity index (χ0) is 12.8. The highest BCUT2D eigenvalue weighted by Gasteiger charge is 2.12. The average Bonchev–Trinajstić information content (AvgIpc) is 2.28. The number of hydrogen-bond acceptors (Lipinski definition) is 3. The number of nitrogens with zero attached hydrogens (tertiary/aromatic N) is 1. The number of halogens is 2. The molecule has 1 rings (SSSR count). The Bertz CT molecular complexity index is 367. The van der Waals surface area contributed by atoms with Crippen molar-refractivity contribution in [3.63, 3.8) is 0 Å². The molecular formula is C11H15F2N3O. The van der Waals surface area contributed by atoms with Gasteiger partial charge in [-0.05, 0) is 24.3 Å². The highest BCUT2D eigenvalue weighted by molar-refractivity contribution is 5.95. The van der Waals surface area contributed by atoms with Gasteiger partial charge in [0.1, 0.15) is 5.84 Å². The van der Waals surface area contributed by atoms with Crippen LogP contribution < -0.4 is 10.6 Å². The monoisotopic (exact) mass is 243 g/mol. The zero-order valence-corrected chi connectivity index (χ0v) is 9.24. The molecule has 0 amide bonds. The molecule has 1 aromatic rings. The minimum Gasteiger partial charge on any atom is -0.395 e. The summed E-state index contributed by atoms with van der Waals surface area (Å²) in [5.41, 5.74) is 6.40. The molecular weight excluding hydrogens is 228 g/mol. The van der Waals surface area contributed by atoms with Crippen LogP contribution in [0.15, 0.2) is 24.3 Å². The van der Waals surface area contributed by atoms with Gasteiger partial charge in [0.15, 0.2) is 0 Å². The lowest BCUT2D eigenvalue weighted by Crippen LogP contribution is -2.31. The van der Waals surface area contributed by atoms with E-state index in [1.54, 1.807) is 24.3 Å². The number of anilines is 1. The maximum atomic E-state index is 12.3. The van der Waals surface area contributed by atoms with E-state index >= 15 is 0 Å². The predicted molar refractivity (Wildman–Crippen MR) is 62.8 cm³/mol. The molecule has 0 aliphatic heterocycles. The zero-order valence-electron chi connectivity index (χ0n) is 9.24. The molecule has 94 valence electrons. The fourth-order valence-corrected chi connectivity index (χ4v) is 1.46. The number of nitrogens with one attached hydrogen (secondary N) is 1. The Morgan fingerprint density at radius 3 is 2.35 bits per heavy atom. The van der Waals surface area contributed by atoms with Crippen LogP contribution in [-0.2, 0) is 0 Å². The molecule has 0 saturated carbocycles. The third kappa shape index (κ3) is 3.99. The Morgan fingerprint density at radius 1 is 1.35 bits per heavy atom. The fraction of sp³-hybridized carbons (Fsp3) is 0.364. The average molecular weight is 243 g/mol. The molecule has 17 heavy (non-hydrogen) atoms. The maximum Gasteiger partial charge on any atom is 0.255 e. The number of hydrogen-bond donors (Lipinski definition) is 3. The number of rotatable bonds is 6. The molecule has 0 aromatic heterocycles. The lowest BCUT2D eigenvalue weighted by molar-refractivity contribution is 0.153. The Hall–Kier alpha value is -1.69. The minimum absolute atomic E-state index is 0.0703. The van der Waals surface area contributed by atoms with Crippen molar-refractivity contribution in [2.75, 3.05) is 24.6 Å². The molecule has 1 aromatic carbocycles. The molecule has 0 unspecified atom stereocenters. The van der Waals surface area contributed by atoms with Gasteiger partial charge < -0.3 is 15.7 Å². The second kappa shape index (κ2) is 6.15.